The fourth-order valence-electron chi connectivity index (χ4n) is 4.06. The van der Waals surface area contributed by atoms with Gasteiger partial charge < -0.3 is 9.30 Å². The molecule has 0 aliphatic carbocycles. The van der Waals surface area contributed by atoms with Gasteiger partial charge in [-0.3, -0.25) is 0 Å². The second-order valence-electron chi connectivity index (χ2n) is 7.88. The molecule has 34 heavy (non-hydrogen) atoms. The maximum atomic E-state index is 5.88. The van der Waals surface area contributed by atoms with E-state index in [0.717, 1.165) is 38.9 Å². The molecule has 4 nitrogen and oxygen atoms in total. The van der Waals surface area contributed by atoms with Crippen molar-refractivity contribution in [2.45, 2.75) is 6.92 Å². The van der Waals surface area contributed by atoms with Crippen LogP contribution < -0.4 is 4.74 Å². The first-order valence-corrected chi connectivity index (χ1v) is 10.8. The van der Waals surface area contributed by atoms with Crippen molar-refractivity contribution in [2.24, 2.45) is 0 Å². The Bertz CT molecular complexity index is 1590. The van der Waals surface area contributed by atoms with Gasteiger partial charge in [0.1, 0.15) is 5.82 Å². The third-order valence-corrected chi connectivity index (χ3v) is 5.62. The Balaban J connectivity index is 0.00000241. The first-order valence-electron chi connectivity index (χ1n) is 10.8. The average Bonchev–Trinajstić information content (AvgIpc) is 3.19. The molecule has 6 aromatic rings. The standard InChI is InChI=1S/C29H19N3O.Pt/c1-20-12-15-28(31-19-20)32-26-10-3-2-9-24(26)25-14-13-22(18-27(25)32)21-7-6-8-23(17-21)33-29-11-4-5-16-30-29;/h2-16,19H,1H3;/q-2;+2. The van der Waals surface area contributed by atoms with Crippen LogP contribution in [0.4, 0.5) is 0 Å². The number of rotatable bonds is 4. The van der Waals surface area contributed by atoms with Gasteiger partial charge in [0.25, 0.3) is 0 Å². The number of pyridine rings is 2. The molecule has 6 rings (SSSR count). The van der Waals surface area contributed by atoms with Crippen LogP contribution in [0.2, 0.25) is 0 Å². The molecule has 3 aromatic heterocycles. The van der Waals surface area contributed by atoms with Gasteiger partial charge in [0.15, 0.2) is 0 Å². The number of benzene rings is 3. The molecule has 0 atom stereocenters. The van der Waals surface area contributed by atoms with Crippen LogP contribution in [0.5, 0.6) is 11.6 Å². The summed E-state index contributed by atoms with van der Waals surface area (Å²) in [5.74, 6) is 2.02. The quantitative estimate of drug-likeness (QED) is 0.201. The molecule has 0 unspecified atom stereocenters. The van der Waals surface area contributed by atoms with E-state index in [2.05, 4.69) is 70.2 Å². The summed E-state index contributed by atoms with van der Waals surface area (Å²) >= 11 is 0. The van der Waals surface area contributed by atoms with Gasteiger partial charge in [-0.1, -0.05) is 35.7 Å². The molecule has 5 heteroatoms. The molecule has 3 aromatic carbocycles. The van der Waals surface area contributed by atoms with Gasteiger partial charge in [-0.15, -0.1) is 18.2 Å². The smallest absolute Gasteiger partial charge is 0.460 e. The van der Waals surface area contributed by atoms with Gasteiger partial charge in [0.05, 0.1) is 0 Å². The molecular weight excluding hydrogens is 601 g/mol. The maximum absolute atomic E-state index is 5.88. The monoisotopic (exact) mass is 620 g/mol. The largest absolute Gasteiger partial charge is 2.00 e. The number of hydrogen-bond donors (Lipinski definition) is 0. The summed E-state index contributed by atoms with van der Waals surface area (Å²) in [6, 6.07) is 35.2. The van der Waals surface area contributed by atoms with E-state index in [4.69, 9.17) is 9.72 Å². The van der Waals surface area contributed by atoms with E-state index in [1.807, 2.05) is 49.5 Å². The third kappa shape index (κ3) is 4.02. The zero-order valence-corrected chi connectivity index (χ0v) is 20.6. The van der Waals surface area contributed by atoms with Crippen molar-refractivity contribution in [3.63, 3.8) is 0 Å². The van der Waals surface area contributed by atoms with E-state index in [-0.39, 0.29) is 21.1 Å². The van der Waals surface area contributed by atoms with Crippen molar-refractivity contribution in [3.8, 4) is 28.6 Å². The van der Waals surface area contributed by atoms with Crippen LogP contribution in [0.3, 0.4) is 0 Å². The predicted octanol–water partition coefficient (Wildman–Crippen LogP) is 6.94. The summed E-state index contributed by atoms with van der Waals surface area (Å²) in [6.07, 6.45) is 3.60. The topological polar surface area (TPSA) is 39.9 Å². The van der Waals surface area contributed by atoms with Crippen LogP contribution >= 0.6 is 0 Å². The molecule has 0 amide bonds. The van der Waals surface area contributed by atoms with Crippen molar-refractivity contribution >= 4 is 21.8 Å². The predicted molar refractivity (Wildman–Crippen MR) is 131 cm³/mol. The van der Waals surface area contributed by atoms with Crippen molar-refractivity contribution in [1.82, 2.24) is 14.5 Å². The Labute approximate surface area is 212 Å². The van der Waals surface area contributed by atoms with Gasteiger partial charge in [-0.05, 0) is 41.6 Å². The maximum Gasteiger partial charge on any atom is 2.00 e. The van der Waals surface area contributed by atoms with Crippen molar-refractivity contribution in [2.75, 3.05) is 0 Å². The van der Waals surface area contributed by atoms with E-state index in [9.17, 15) is 0 Å². The van der Waals surface area contributed by atoms with Gasteiger partial charge in [-0.2, -0.15) is 24.3 Å². The zero-order valence-electron chi connectivity index (χ0n) is 18.3. The number of fused-ring (bicyclic) bond motifs is 3. The normalized spacial score (nSPS) is 10.9. The van der Waals surface area contributed by atoms with Gasteiger partial charge >= 0.3 is 21.1 Å². The van der Waals surface area contributed by atoms with Crippen LogP contribution in [0.15, 0.2) is 97.3 Å². The number of nitrogens with zero attached hydrogens (tertiary/aromatic N) is 3. The summed E-state index contributed by atoms with van der Waals surface area (Å²) in [7, 11) is 0. The fraction of sp³-hybridized carbons (Fsp3) is 0.0345. The molecule has 0 aliphatic rings. The summed E-state index contributed by atoms with van der Waals surface area (Å²) in [5, 5.41) is 2.31. The first-order chi connectivity index (χ1) is 16.3. The van der Waals surface area contributed by atoms with Crippen LogP contribution in [0, 0.1) is 19.1 Å². The molecular formula is C29H19N3OPt. The summed E-state index contributed by atoms with van der Waals surface area (Å²) in [6.45, 7) is 2.04. The SMILES string of the molecule is Cc1ccc(-n2c3[c-]c(-c4[c-]c(Oc5ccccn5)ccc4)ccc3c3ccccc32)nc1.[Pt+2]. The molecule has 0 bridgehead atoms. The van der Waals surface area contributed by atoms with E-state index < -0.39 is 0 Å². The Morgan fingerprint density at radius 3 is 2.41 bits per heavy atom. The molecule has 0 saturated carbocycles. The van der Waals surface area contributed by atoms with Crippen LogP contribution in [0.25, 0.3) is 38.8 Å². The molecule has 0 radical (unpaired) electrons. The Morgan fingerprint density at radius 2 is 1.59 bits per heavy atom. The Morgan fingerprint density at radius 1 is 0.735 bits per heavy atom. The average molecular weight is 621 g/mol. The van der Waals surface area contributed by atoms with Crippen molar-refractivity contribution < 1.29 is 25.8 Å². The van der Waals surface area contributed by atoms with Crippen LogP contribution in [-0.4, -0.2) is 14.5 Å². The van der Waals surface area contributed by atoms with Crippen LogP contribution in [0.1, 0.15) is 5.56 Å². The summed E-state index contributed by atoms with van der Waals surface area (Å²) in [5.41, 5.74) is 5.05. The molecule has 0 aliphatic heterocycles. The van der Waals surface area contributed by atoms with Gasteiger partial charge in [0, 0.05) is 29.7 Å². The molecule has 0 saturated heterocycles. The van der Waals surface area contributed by atoms with Gasteiger partial charge in [0.2, 0.25) is 5.88 Å². The van der Waals surface area contributed by atoms with E-state index >= 15 is 0 Å². The number of aryl methyl sites for hydroxylation is 1. The molecule has 0 spiro atoms. The number of hydrogen-bond acceptors (Lipinski definition) is 3. The minimum absolute atomic E-state index is 0. The fourth-order valence-corrected chi connectivity index (χ4v) is 4.06. The first kappa shape index (κ1) is 22.1. The minimum atomic E-state index is 0. The van der Waals surface area contributed by atoms with E-state index in [1.54, 1.807) is 6.20 Å². The number of aromatic nitrogens is 3. The second-order valence-corrected chi connectivity index (χ2v) is 7.88. The molecule has 3 heterocycles. The third-order valence-electron chi connectivity index (χ3n) is 5.62. The minimum Gasteiger partial charge on any atom is -0.460 e. The van der Waals surface area contributed by atoms with Crippen LogP contribution in [-0.2, 0) is 21.1 Å². The van der Waals surface area contributed by atoms with Gasteiger partial charge in [-0.25, -0.2) is 21.1 Å². The zero-order chi connectivity index (χ0) is 22.2. The second kappa shape index (κ2) is 9.24. The summed E-state index contributed by atoms with van der Waals surface area (Å²) in [4.78, 5) is 8.93. The van der Waals surface area contributed by atoms with E-state index in [1.165, 1.54) is 5.39 Å². The molecule has 166 valence electrons. The molecule has 0 fully saturated rings. The number of para-hydroxylation sites is 1. The van der Waals surface area contributed by atoms with Crippen molar-refractivity contribution in [3.05, 3.63) is 115 Å². The Kier molecular flexibility index (Phi) is 6.00. The van der Waals surface area contributed by atoms with Crippen molar-refractivity contribution in [1.29, 1.82) is 0 Å². The Hall–Kier alpha value is -3.75. The number of ether oxygens (including phenoxy) is 1. The summed E-state index contributed by atoms with van der Waals surface area (Å²) < 4.78 is 8.05. The molecule has 0 N–H and O–H groups in total. The van der Waals surface area contributed by atoms with E-state index in [0.29, 0.717) is 11.6 Å².